The minimum atomic E-state index is 0.297. The molecule has 0 amide bonds. The highest BCUT2D eigenvalue weighted by Gasteiger charge is 2.23. The first-order valence-corrected chi connectivity index (χ1v) is 8.27. The van der Waals surface area contributed by atoms with Crippen LogP contribution in [0.25, 0.3) is 0 Å². The summed E-state index contributed by atoms with van der Waals surface area (Å²) >= 11 is 1.67. The van der Waals surface area contributed by atoms with E-state index in [4.69, 9.17) is 4.99 Å². The second-order valence-electron chi connectivity index (χ2n) is 5.42. The normalized spacial score (nSPS) is 17.3. The molecule has 4 nitrogen and oxygen atoms in total. The number of fused-ring (bicyclic) bond motifs is 2. The van der Waals surface area contributed by atoms with Crippen LogP contribution in [0.2, 0.25) is 0 Å². The predicted molar refractivity (Wildman–Crippen MR) is 89.3 cm³/mol. The smallest absolute Gasteiger partial charge is 0.137 e. The molecular formula is C17H17N3OS. The van der Waals surface area contributed by atoms with Gasteiger partial charge in [0.15, 0.2) is 0 Å². The zero-order valence-corrected chi connectivity index (χ0v) is 12.9. The summed E-state index contributed by atoms with van der Waals surface area (Å²) in [6, 6.07) is 13.7. The van der Waals surface area contributed by atoms with Gasteiger partial charge in [-0.05, 0) is 30.3 Å². The number of aliphatic imine (C=N–C) groups is 1. The zero-order chi connectivity index (χ0) is 14.9. The molecule has 112 valence electrons. The minimum Gasteiger partial charge on any atom is -0.508 e. The van der Waals surface area contributed by atoms with Gasteiger partial charge in [0.1, 0.15) is 11.6 Å². The van der Waals surface area contributed by atoms with Crippen LogP contribution in [0.15, 0.2) is 57.2 Å². The van der Waals surface area contributed by atoms with Crippen LogP contribution in [0, 0.1) is 0 Å². The molecule has 0 saturated carbocycles. The summed E-state index contributed by atoms with van der Waals surface area (Å²) in [5, 5.41) is 13.2. The molecule has 0 aliphatic carbocycles. The Morgan fingerprint density at radius 2 is 1.86 bits per heavy atom. The van der Waals surface area contributed by atoms with E-state index < -0.39 is 0 Å². The summed E-state index contributed by atoms with van der Waals surface area (Å²) in [7, 11) is 0. The van der Waals surface area contributed by atoms with E-state index >= 15 is 0 Å². The van der Waals surface area contributed by atoms with Crippen LogP contribution < -0.4 is 5.32 Å². The van der Waals surface area contributed by atoms with Crippen LogP contribution in [-0.2, 0) is 0 Å². The van der Waals surface area contributed by atoms with Crippen molar-refractivity contribution in [1.29, 1.82) is 0 Å². The zero-order valence-electron chi connectivity index (χ0n) is 12.1. The van der Waals surface area contributed by atoms with E-state index in [0.29, 0.717) is 5.75 Å². The van der Waals surface area contributed by atoms with Crippen molar-refractivity contribution in [2.24, 2.45) is 4.99 Å². The Bertz CT molecular complexity index is 738. The van der Waals surface area contributed by atoms with Gasteiger partial charge in [0.2, 0.25) is 0 Å². The van der Waals surface area contributed by atoms with Gasteiger partial charge in [0.05, 0.1) is 5.69 Å². The highest BCUT2D eigenvalue weighted by molar-refractivity contribution is 7.99. The Morgan fingerprint density at radius 3 is 2.73 bits per heavy atom. The van der Waals surface area contributed by atoms with Crippen LogP contribution in [0.3, 0.4) is 0 Å². The minimum absolute atomic E-state index is 0.297. The number of rotatable bonds is 0. The highest BCUT2D eigenvalue weighted by Crippen LogP contribution is 2.41. The molecule has 2 aromatic carbocycles. The lowest BCUT2D eigenvalue weighted by molar-refractivity contribution is 0.357. The number of hydrogen-bond acceptors (Lipinski definition) is 5. The Kier molecular flexibility index (Phi) is 3.52. The van der Waals surface area contributed by atoms with Gasteiger partial charge in [-0.2, -0.15) is 0 Å². The molecular weight excluding hydrogens is 294 g/mol. The van der Waals surface area contributed by atoms with Crippen LogP contribution >= 0.6 is 11.8 Å². The van der Waals surface area contributed by atoms with Gasteiger partial charge < -0.3 is 15.3 Å². The second kappa shape index (κ2) is 5.66. The Morgan fingerprint density at radius 1 is 1.05 bits per heavy atom. The van der Waals surface area contributed by atoms with Gasteiger partial charge in [-0.3, -0.25) is 0 Å². The van der Waals surface area contributed by atoms with Gasteiger partial charge in [0.25, 0.3) is 0 Å². The molecule has 0 unspecified atom stereocenters. The van der Waals surface area contributed by atoms with Gasteiger partial charge in [-0.1, -0.05) is 23.9 Å². The van der Waals surface area contributed by atoms with E-state index in [1.807, 2.05) is 24.3 Å². The van der Waals surface area contributed by atoms with Crippen molar-refractivity contribution in [1.82, 2.24) is 10.2 Å². The molecule has 2 N–H and O–H groups in total. The van der Waals surface area contributed by atoms with E-state index in [1.165, 1.54) is 0 Å². The summed E-state index contributed by atoms with van der Waals surface area (Å²) in [6.07, 6.45) is 0. The molecule has 22 heavy (non-hydrogen) atoms. The van der Waals surface area contributed by atoms with Crippen molar-refractivity contribution in [2.45, 2.75) is 9.79 Å². The molecule has 2 aliphatic heterocycles. The van der Waals surface area contributed by atoms with Gasteiger partial charge in [-0.25, -0.2) is 4.99 Å². The largest absolute Gasteiger partial charge is 0.508 e. The predicted octanol–water partition coefficient (Wildman–Crippen LogP) is 2.84. The molecule has 5 heteroatoms. The maximum Gasteiger partial charge on any atom is 0.137 e. The molecule has 0 aromatic heterocycles. The number of piperazine rings is 1. The number of phenols is 1. The molecule has 2 aliphatic rings. The van der Waals surface area contributed by atoms with Crippen molar-refractivity contribution in [2.75, 3.05) is 26.2 Å². The first-order chi connectivity index (χ1) is 10.8. The van der Waals surface area contributed by atoms with Crippen molar-refractivity contribution < 1.29 is 5.11 Å². The maximum atomic E-state index is 9.85. The van der Waals surface area contributed by atoms with E-state index in [-0.39, 0.29) is 0 Å². The lowest BCUT2D eigenvalue weighted by Gasteiger charge is -2.30. The van der Waals surface area contributed by atoms with Gasteiger partial charge in [0, 0.05) is 41.5 Å². The first-order valence-electron chi connectivity index (χ1n) is 7.46. The SMILES string of the molecule is Oc1ccc2c(c1)Sc1ccccc1N=C2N1CCNCC1. The molecule has 1 saturated heterocycles. The number of amidine groups is 1. The third-order valence-corrected chi connectivity index (χ3v) is 5.06. The Balaban J connectivity index is 1.88. The van der Waals surface area contributed by atoms with Gasteiger partial charge in [-0.15, -0.1) is 0 Å². The average molecular weight is 311 g/mol. The van der Waals surface area contributed by atoms with E-state index in [1.54, 1.807) is 17.8 Å². The number of nitrogens with zero attached hydrogens (tertiary/aromatic N) is 2. The lowest BCUT2D eigenvalue weighted by atomic mass is 10.1. The third-order valence-electron chi connectivity index (χ3n) is 3.93. The molecule has 0 atom stereocenters. The Labute approximate surface area is 133 Å². The Hall–Kier alpha value is -1.98. The van der Waals surface area contributed by atoms with Crippen LogP contribution in [-0.4, -0.2) is 42.0 Å². The lowest BCUT2D eigenvalue weighted by Crippen LogP contribution is -2.46. The molecule has 4 rings (SSSR count). The van der Waals surface area contributed by atoms with Crippen molar-refractivity contribution in [3.63, 3.8) is 0 Å². The summed E-state index contributed by atoms with van der Waals surface area (Å²) in [5.41, 5.74) is 2.10. The van der Waals surface area contributed by atoms with Crippen molar-refractivity contribution in [3.05, 3.63) is 48.0 Å². The molecule has 2 heterocycles. The second-order valence-corrected chi connectivity index (χ2v) is 6.51. The number of hydrogen-bond donors (Lipinski definition) is 2. The number of para-hydroxylation sites is 1. The van der Waals surface area contributed by atoms with Gasteiger partial charge >= 0.3 is 0 Å². The standard InChI is InChI=1S/C17H17N3OS/c21-12-5-6-13-16(11-12)22-15-4-2-1-3-14(15)19-17(13)20-9-7-18-8-10-20/h1-6,11,18,21H,7-10H2. The topological polar surface area (TPSA) is 47.9 Å². The average Bonchev–Trinajstić information content (AvgIpc) is 2.71. The van der Waals surface area contributed by atoms with E-state index in [2.05, 4.69) is 22.3 Å². The fourth-order valence-corrected chi connectivity index (χ4v) is 3.88. The monoisotopic (exact) mass is 311 g/mol. The third kappa shape index (κ3) is 2.46. The molecule has 1 fully saturated rings. The number of aromatic hydroxyl groups is 1. The van der Waals surface area contributed by atoms with E-state index in [0.717, 1.165) is 53.1 Å². The number of phenolic OH excluding ortho intramolecular Hbond substituents is 1. The molecule has 2 aromatic rings. The quantitative estimate of drug-likeness (QED) is 0.785. The van der Waals surface area contributed by atoms with Crippen molar-refractivity contribution >= 4 is 23.3 Å². The highest BCUT2D eigenvalue weighted by atomic mass is 32.2. The fraction of sp³-hybridized carbons (Fsp3) is 0.235. The van der Waals surface area contributed by atoms with E-state index in [9.17, 15) is 5.11 Å². The molecule has 0 spiro atoms. The number of benzene rings is 2. The summed E-state index contributed by atoms with van der Waals surface area (Å²) < 4.78 is 0. The van der Waals surface area contributed by atoms with Crippen LogP contribution in [0.1, 0.15) is 5.56 Å². The maximum absolute atomic E-state index is 9.85. The first kappa shape index (κ1) is 13.7. The fourth-order valence-electron chi connectivity index (χ4n) is 2.83. The van der Waals surface area contributed by atoms with Crippen LogP contribution in [0.4, 0.5) is 5.69 Å². The van der Waals surface area contributed by atoms with Crippen LogP contribution in [0.5, 0.6) is 5.75 Å². The summed E-state index contributed by atoms with van der Waals surface area (Å²) in [5.74, 6) is 1.30. The number of nitrogens with one attached hydrogen (secondary N) is 1. The molecule has 0 bridgehead atoms. The van der Waals surface area contributed by atoms with Crippen molar-refractivity contribution in [3.8, 4) is 5.75 Å². The molecule has 0 radical (unpaired) electrons. The summed E-state index contributed by atoms with van der Waals surface area (Å²) in [6.45, 7) is 3.85. The summed E-state index contributed by atoms with van der Waals surface area (Å²) in [4.78, 5) is 9.46.